The SMILES string of the molecule is CCCCCC/C=C\C=C/CCCCCCCC(=O)OC[C@H](COP(=O)(O)OC[C@@H](O)COP(=O)(O)OC[C@@H](COC(=O)CCCCCCCCCC(C)C)OC(=O)CCCCCCCCCCCCC)OC(=O)CCCCCCCCCCCCCCCCCC. The summed E-state index contributed by atoms with van der Waals surface area (Å²) in [6.07, 6.45) is 56.3. The molecule has 0 bridgehead atoms. The highest BCUT2D eigenvalue weighted by Gasteiger charge is 2.30. The maximum Gasteiger partial charge on any atom is 0.472 e. The molecule has 0 spiro atoms. The van der Waals surface area contributed by atoms with Crippen LogP contribution in [0.15, 0.2) is 24.3 Å². The van der Waals surface area contributed by atoms with Gasteiger partial charge in [0.15, 0.2) is 12.2 Å². The van der Waals surface area contributed by atoms with E-state index in [1.165, 1.54) is 154 Å². The lowest BCUT2D eigenvalue weighted by atomic mass is 10.0. The number of ether oxygens (including phenoxy) is 4. The van der Waals surface area contributed by atoms with Crippen molar-refractivity contribution in [3.8, 4) is 0 Å². The van der Waals surface area contributed by atoms with Crippen molar-refractivity contribution < 1.29 is 80.2 Å². The first-order chi connectivity index (χ1) is 44.5. The van der Waals surface area contributed by atoms with E-state index in [9.17, 15) is 43.2 Å². The van der Waals surface area contributed by atoms with E-state index < -0.39 is 97.5 Å². The first-order valence-electron chi connectivity index (χ1n) is 37.5. The van der Waals surface area contributed by atoms with E-state index in [1.807, 2.05) is 0 Å². The van der Waals surface area contributed by atoms with Gasteiger partial charge in [0.25, 0.3) is 0 Å². The molecule has 0 saturated heterocycles. The van der Waals surface area contributed by atoms with E-state index in [2.05, 4.69) is 58.9 Å². The number of allylic oxidation sites excluding steroid dienone is 4. The standard InChI is InChI=1S/C73H138O17P2/c1-6-9-12-15-18-21-24-26-28-30-32-35-38-43-49-54-59-73(78)89-68(62-83-70(75)56-51-46-41-36-34-31-29-27-25-22-19-16-13-10-7-2)64-87-91(79,80)85-60-67(74)61-86-92(81,82)88-65-69(63-84-71(76)57-52-47-44-39-40-45-50-55-66(4)5)90-72(77)58-53-48-42-37-33-23-20-17-14-11-8-3/h22,25,27,29,66-69,74H,6-21,23-24,26,28,30-65H2,1-5H3,(H,79,80)(H,81,82)/b25-22-,29-27-/t67-,68-,69-/m1/s1. The predicted octanol–water partition coefficient (Wildman–Crippen LogP) is 20.9. The van der Waals surface area contributed by atoms with Crippen LogP contribution < -0.4 is 0 Å². The Labute approximate surface area is 561 Å². The summed E-state index contributed by atoms with van der Waals surface area (Å²) in [6.45, 7) is 7.14. The van der Waals surface area contributed by atoms with Crippen molar-refractivity contribution in [1.29, 1.82) is 0 Å². The van der Waals surface area contributed by atoms with Gasteiger partial charge < -0.3 is 33.8 Å². The van der Waals surface area contributed by atoms with Gasteiger partial charge in [-0.05, 0) is 57.3 Å². The van der Waals surface area contributed by atoms with Gasteiger partial charge in [-0.3, -0.25) is 37.3 Å². The van der Waals surface area contributed by atoms with Crippen LogP contribution in [0.5, 0.6) is 0 Å². The van der Waals surface area contributed by atoms with Gasteiger partial charge in [0, 0.05) is 25.7 Å². The Bertz CT molecular complexity index is 1860. The second-order valence-corrected chi connectivity index (χ2v) is 29.0. The van der Waals surface area contributed by atoms with Gasteiger partial charge in [-0.2, -0.15) is 0 Å². The van der Waals surface area contributed by atoms with Gasteiger partial charge in [0.05, 0.1) is 26.4 Å². The molecule has 0 rings (SSSR count). The topological polar surface area (TPSA) is 237 Å². The summed E-state index contributed by atoms with van der Waals surface area (Å²) >= 11 is 0. The summed E-state index contributed by atoms with van der Waals surface area (Å²) in [5, 5.41) is 10.6. The van der Waals surface area contributed by atoms with Crippen molar-refractivity contribution in [2.75, 3.05) is 39.6 Å². The maximum atomic E-state index is 13.0. The highest BCUT2D eigenvalue weighted by molar-refractivity contribution is 7.47. The lowest BCUT2D eigenvalue weighted by molar-refractivity contribution is -0.161. The number of phosphoric acid groups is 2. The van der Waals surface area contributed by atoms with Gasteiger partial charge in [0.1, 0.15) is 19.3 Å². The Morgan fingerprint density at radius 3 is 0.891 bits per heavy atom. The summed E-state index contributed by atoms with van der Waals surface area (Å²) in [7, 11) is -9.91. The minimum absolute atomic E-state index is 0.101. The van der Waals surface area contributed by atoms with E-state index >= 15 is 0 Å². The number of carbonyl (C=O) groups is 4. The normalized spacial score (nSPS) is 14.2. The van der Waals surface area contributed by atoms with Gasteiger partial charge >= 0.3 is 39.5 Å². The average molecular weight is 1350 g/mol. The zero-order valence-corrected chi connectivity index (χ0v) is 61.0. The van der Waals surface area contributed by atoms with Crippen LogP contribution in [-0.2, 0) is 65.4 Å². The first kappa shape index (κ1) is 89.5. The lowest BCUT2D eigenvalue weighted by Gasteiger charge is -2.21. The van der Waals surface area contributed by atoms with E-state index in [0.717, 1.165) is 116 Å². The van der Waals surface area contributed by atoms with Crippen molar-refractivity contribution in [1.82, 2.24) is 0 Å². The fourth-order valence-electron chi connectivity index (χ4n) is 10.6. The molecule has 0 amide bonds. The van der Waals surface area contributed by atoms with Crippen molar-refractivity contribution in [2.45, 2.75) is 374 Å². The van der Waals surface area contributed by atoms with Crippen molar-refractivity contribution in [3.63, 3.8) is 0 Å². The van der Waals surface area contributed by atoms with Gasteiger partial charge in [-0.1, -0.05) is 303 Å². The van der Waals surface area contributed by atoms with Gasteiger partial charge in [-0.25, -0.2) is 9.13 Å². The van der Waals surface area contributed by atoms with E-state index in [-0.39, 0.29) is 25.7 Å². The molecule has 0 aromatic heterocycles. The molecule has 542 valence electrons. The van der Waals surface area contributed by atoms with Crippen LogP contribution in [0, 0.1) is 5.92 Å². The molecule has 0 aromatic rings. The van der Waals surface area contributed by atoms with Crippen LogP contribution in [0.1, 0.15) is 356 Å². The molecule has 0 heterocycles. The van der Waals surface area contributed by atoms with Crippen LogP contribution in [0.2, 0.25) is 0 Å². The molecular weight excluding hydrogens is 1210 g/mol. The molecule has 3 N–H and O–H groups in total. The fraction of sp³-hybridized carbons (Fsp3) is 0.890. The Balaban J connectivity index is 5.27. The Kier molecular flexibility index (Phi) is 64.0. The summed E-state index contributed by atoms with van der Waals surface area (Å²) < 4.78 is 68.3. The smallest absolute Gasteiger partial charge is 0.462 e. The van der Waals surface area contributed by atoms with E-state index in [4.69, 9.17) is 37.0 Å². The molecular formula is C73H138O17P2. The minimum Gasteiger partial charge on any atom is -0.462 e. The molecule has 17 nitrogen and oxygen atoms in total. The van der Waals surface area contributed by atoms with Gasteiger partial charge in [-0.15, -0.1) is 0 Å². The molecule has 19 heteroatoms. The van der Waals surface area contributed by atoms with Crippen LogP contribution in [0.3, 0.4) is 0 Å². The zero-order valence-electron chi connectivity index (χ0n) is 59.2. The first-order valence-corrected chi connectivity index (χ1v) is 40.4. The summed E-state index contributed by atoms with van der Waals surface area (Å²) in [6, 6.07) is 0. The third-order valence-corrected chi connectivity index (χ3v) is 18.3. The number of hydrogen-bond donors (Lipinski definition) is 3. The number of aliphatic hydroxyl groups excluding tert-OH is 1. The number of carbonyl (C=O) groups excluding carboxylic acids is 4. The largest absolute Gasteiger partial charge is 0.472 e. The van der Waals surface area contributed by atoms with Crippen molar-refractivity contribution in [2.24, 2.45) is 5.92 Å². The second-order valence-electron chi connectivity index (χ2n) is 26.1. The molecule has 0 radical (unpaired) electrons. The molecule has 92 heavy (non-hydrogen) atoms. The quantitative estimate of drug-likeness (QED) is 0.0169. The molecule has 0 aromatic carbocycles. The number of rotatable bonds is 71. The Morgan fingerprint density at radius 1 is 0.337 bits per heavy atom. The molecule has 0 fully saturated rings. The predicted molar refractivity (Wildman–Crippen MR) is 372 cm³/mol. The highest BCUT2D eigenvalue weighted by atomic mass is 31.2. The van der Waals surface area contributed by atoms with Crippen molar-refractivity contribution >= 4 is 39.5 Å². The molecule has 0 aliphatic heterocycles. The monoisotopic (exact) mass is 1350 g/mol. The van der Waals surface area contributed by atoms with Gasteiger partial charge in [0.2, 0.25) is 0 Å². The number of esters is 4. The third kappa shape index (κ3) is 66.2. The fourth-order valence-corrected chi connectivity index (χ4v) is 12.2. The van der Waals surface area contributed by atoms with Crippen LogP contribution >= 0.6 is 15.6 Å². The Morgan fingerprint density at radius 2 is 0.587 bits per heavy atom. The Hall–Kier alpha value is -2.46. The molecule has 0 saturated carbocycles. The third-order valence-electron chi connectivity index (χ3n) is 16.4. The molecule has 0 aliphatic carbocycles. The maximum absolute atomic E-state index is 13.0. The lowest BCUT2D eigenvalue weighted by Crippen LogP contribution is -2.30. The van der Waals surface area contributed by atoms with Crippen molar-refractivity contribution in [3.05, 3.63) is 24.3 Å². The second kappa shape index (κ2) is 65.8. The zero-order chi connectivity index (χ0) is 67.7. The highest BCUT2D eigenvalue weighted by Crippen LogP contribution is 2.45. The summed E-state index contributed by atoms with van der Waals surface area (Å²) in [5.74, 6) is -1.44. The number of aliphatic hydroxyl groups is 1. The minimum atomic E-state index is -4.96. The number of phosphoric ester groups is 2. The van der Waals surface area contributed by atoms with Crippen LogP contribution in [0.4, 0.5) is 0 Å². The number of unbranched alkanes of at least 4 members (excludes halogenated alkanes) is 40. The van der Waals surface area contributed by atoms with E-state index in [1.54, 1.807) is 0 Å². The molecule has 5 atom stereocenters. The van der Waals surface area contributed by atoms with Crippen LogP contribution in [0.25, 0.3) is 0 Å². The van der Waals surface area contributed by atoms with Crippen LogP contribution in [-0.4, -0.2) is 96.7 Å². The average Bonchev–Trinajstić information content (AvgIpc) is 1.64. The number of hydrogen-bond acceptors (Lipinski definition) is 15. The van der Waals surface area contributed by atoms with E-state index in [0.29, 0.717) is 31.6 Å². The molecule has 0 aliphatic rings. The molecule has 2 unspecified atom stereocenters. The summed E-state index contributed by atoms with van der Waals surface area (Å²) in [4.78, 5) is 72.6. The summed E-state index contributed by atoms with van der Waals surface area (Å²) in [5.41, 5.74) is 0.